The Morgan fingerprint density at radius 1 is 1.42 bits per heavy atom. The van der Waals surface area contributed by atoms with Gasteiger partial charge in [0.15, 0.2) is 5.78 Å². The highest BCUT2D eigenvalue weighted by atomic mass is 16.1. The van der Waals surface area contributed by atoms with Gasteiger partial charge < -0.3 is 0 Å². The van der Waals surface area contributed by atoms with Crippen LogP contribution in [0, 0.1) is 6.92 Å². The zero-order chi connectivity index (χ0) is 8.55. The molecule has 3 heteroatoms. The Balaban J connectivity index is 2.54. The molecule has 1 aromatic rings. The first-order valence-electron chi connectivity index (χ1n) is 3.79. The van der Waals surface area contributed by atoms with Crippen molar-refractivity contribution in [1.29, 1.82) is 0 Å². The molecule has 1 aromatic heterocycles. The lowest BCUT2D eigenvalue weighted by Gasteiger charge is -2.06. The topological polar surface area (TPSA) is 42.9 Å². The van der Waals surface area contributed by atoms with Crippen LogP contribution in [0.4, 0.5) is 0 Å². The number of aryl methyl sites for hydroxylation is 1. The second-order valence-electron chi connectivity index (χ2n) is 2.82. The molecular weight excluding hydrogens is 152 g/mol. The molecule has 0 aliphatic heterocycles. The van der Waals surface area contributed by atoms with E-state index in [4.69, 9.17) is 0 Å². The Hall–Kier alpha value is -1.51. The summed E-state index contributed by atoms with van der Waals surface area (Å²) in [5.74, 6) is 0.0978. The molecule has 2 rings (SSSR count). The maximum Gasteiger partial charge on any atom is 0.161 e. The van der Waals surface area contributed by atoms with Gasteiger partial charge in [0.25, 0.3) is 0 Å². The third-order valence-corrected chi connectivity index (χ3v) is 1.77. The highest BCUT2D eigenvalue weighted by Gasteiger charge is 2.11. The molecule has 12 heavy (non-hydrogen) atoms. The first-order chi connectivity index (χ1) is 5.75. The molecule has 0 aromatic carbocycles. The largest absolute Gasteiger partial charge is 0.294 e. The van der Waals surface area contributed by atoms with E-state index < -0.39 is 0 Å². The van der Waals surface area contributed by atoms with Crippen molar-refractivity contribution in [3.63, 3.8) is 0 Å². The van der Waals surface area contributed by atoms with Crippen molar-refractivity contribution in [2.24, 2.45) is 0 Å². The molecule has 0 N–H and O–H groups in total. The van der Waals surface area contributed by atoms with Crippen molar-refractivity contribution >= 4 is 11.9 Å². The van der Waals surface area contributed by atoms with E-state index in [-0.39, 0.29) is 5.78 Å². The molecule has 0 spiro atoms. The summed E-state index contributed by atoms with van der Waals surface area (Å²) in [6.07, 6.45) is 5.35. The van der Waals surface area contributed by atoms with Gasteiger partial charge in [-0.05, 0) is 19.1 Å². The average Bonchev–Trinajstić information content (AvgIpc) is 2.05. The van der Waals surface area contributed by atoms with Crippen LogP contribution in [-0.4, -0.2) is 15.8 Å². The molecule has 0 unspecified atom stereocenters. The van der Waals surface area contributed by atoms with E-state index in [1.54, 1.807) is 18.3 Å². The molecule has 0 radical (unpaired) electrons. The van der Waals surface area contributed by atoms with Gasteiger partial charge in [0.2, 0.25) is 0 Å². The van der Waals surface area contributed by atoms with Crippen LogP contribution in [0.25, 0.3) is 6.08 Å². The molecule has 0 saturated carbocycles. The number of fused-ring (bicyclic) bond motifs is 1. The fourth-order valence-electron chi connectivity index (χ4n) is 1.19. The van der Waals surface area contributed by atoms with Crippen molar-refractivity contribution < 1.29 is 4.79 Å². The van der Waals surface area contributed by atoms with E-state index in [1.807, 2.05) is 6.92 Å². The summed E-state index contributed by atoms with van der Waals surface area (Å²) in [4.78, 5) is 19.3. The second kappa shape index (κ2) is 2.52. The molecule has 0 amide bonds. The lowest BCUT2D eigenvalue weighted by Crippen LogP contribution is -2.09. The van der Waals surface area contributed by atoms with Crippen molar-refractivity contribution in [3.8, 4) is 0 Å². The molecule has 1 aliphatic rings. The summed E-state index contributed by atoms with van der Waals surface area (Å²) < 4.78 is 0. The highest BCUT2D eigenvalue weighted by Crippen LogP contribution is 2.12. The lowest BCUT2D eigenvalue weighted by atomic mass is 10.1. The first-order valence-corrected chi connectivity index (χ1v) is 3.79. The molecule has 0 fully saturated rings. The molecule has 1 heterocycles. The van der Waals surface area contributed by atoms with Crippen LogP contribution in [0.15, 0.2) is 12.3 Å². The van der Waals surface area contributed by atoms with E-state index in [9.17, 15) is 4.79 Å². The number of hydrogen-bond donors (Lipinski definition) is 0. The number of carbonyl (C=O) groups is 1. The zero-order valence-electron chi connectivity index (χ0n) is 6.74. The number of ketones is 1. The molecule has 3 nitrogen and oxygen atoms in total. The van der Waals surface area contributed by atoms with Crippen molar-refractivity contribution in [2.45, 2.75) is 13.3 Å². The van der Waals surface area contributed by atoms with Gasteiger partial charge in [-0.3, -0.25) is 14.8 Å². The summed E-state index contributed by atoms with van der Waals surface area (Å²) in [7, 11) is 0. The van der Waals surface area contributed by atoms with Crippen LogP contribution in [0.5, 0.6) is 0 Å². The monoisotopic (exact) mass is 160 g/mol. The van der Waals surface area contributed by atoms with Crippen LogP contribution >= 0.6 is 0 Å². The Bertz CT molecular complexity index is 369. The summed E-state index contributed by atoms with van der Waals surface area (Å²) in [6, 6.07) is 0. The van der Waals surface area contributed by atoms with Gasteiger partial charge in [-0.1, -0.05) is 0 Å². The molecular formula is C9H8N2O. The minimum absolute atomic E-state index is 0.0978. The fourth-order valence-corrected chi connectivity index (χ4v) is 1.19. The smallest absolute Gasteiger partial charge is 0.161 e. The number of aromatic nitrogens is 2. The minimum Gasteiger partial charge on any atom is -0.294 e. The van der Waals surface area contributed by atoms with Gasteiger partial charge in [0.05, 0.1) is 23.5 Å². The van der Waals surface area contributed by atoms with E-state index in [2.05, 4.69) is 9.97 Å². The van der Waals surface area contributed by atoms with Crippen LogP contribution in [0.2, 0.25) is 0 Å². The first kappa shape index (κ1) is 7.16. The maximum absolute atomic E-state index is 11.0. The van der Waals surface area contributed by atoms with Crippen LogP contribution < -0.4 is 0 Å². The SMILES string of the molecule is Cc1cnc2c(n1)C=CC(=O)C2. The Labute approximate surface area is 70.2 Å². The van der Waals surface area contributed by atoms with E-state index in [0.29, 0.717) is 6.42 Å². The van der Waals surface area contributed by atoms with Gasteiger partial charge >= 0.3 is 0 Å². The number of allylic oxidation sites excluding steroid dienone is 1. The summed E-state index contributed by atoms with van der Waals surface area (Å²) in [5.41, 5.74) is 2.50. The van der Waals surface area contributed by atoms with E-state index in [0.717, 1.165) is 17.1 Å². The molecule has 0 bridgehead atoms. The van der Waals surface area contributed by atoms with E-state index in [1.165, 1.54) is 0 Å². The maximum atomic E-state index is 11.0. The van der Waals surface area contributed by atoms with Gasteiger partial charge in [-0.2, -0.15) is 0 Å². The van der Waals surface area contributed by atoms with Crippen molar-refractivity contribution in [2.75, 3.05) is 0 Å². The lowest BCUT2D eigenvalue weighted by molar-refractivity contribution is -0.114. The summed E-state index contributed by atoms with van der Waals surface area (Å²) >= 11 is 0. The van der Waals surface area contributed by atoms with Gasteiger partial charge in [-0.25, -0.2) is 0 Å². The van der Waals surface area contributed by atoms with Gasteiger partial charge in [0.1, 0.15) is 0 Å². The van der Waals surface area contributed by atoms with Gasteiger partial charge in [-0.15, -0.1) is 0 Å². The summed E-state index contributed by atoms with van der Waals surface area (Å²) in [5, 5.41) is 0. The third-order valence-electron chi connectivity index (χ3n) is 1.77. The number of rotatable bonds is 0. The number of hydrogen-bond acceptors (Lipinski definition) is 3. The fraction of sp³-hybridized carbons (Fsp3) is 0.222. The standard InChI is InChI=1S/C9H8N2O/c1-6-5-10-9-4-7(12)2-3-8(9)11-6/h2-3,5H,4H2,1H3. The normalized spacial score (nSPS) is 14.6. The van der Waals surface area contributed by atoms with Crippen LogP contribution in [0.3, 0.4) is 0 Å². The molecule has 0 saturated heterocycles. The zero-order valence-corrected chi connectivity index (χ0v) is 6.74. The quantitative estimate of drug-likeness (QED) is 0.566. The Kier molecular flexibility index (Phi) is 1.50. The van der Waals surface area contributed by atoms with Gasteiger partial charge in [0, 0.05) is 6.20 Å². The van der Waals surface area contributed by atoms with Crippen LogP contribution in [0.1, 0.15) is 17.1 Å². The Morgan fingerprint density at radius 3 is 3.08 bits per heavy atom. The highest BCUT2D eigenvalue weighted by molar-refractivity contribution is 5.97. The number of carbonyl (C=O) groups excluding carboxylic acids is 1. The molecule has 1 aliphatic carbocycles. The van der Waals surface area contributed by atoms with Crippen molar-refractivity contribution in [1.82, 2.24) is 9.97 Å². The van der Waals surface area contributed by atoms with E-state index >= 15 is 0 Å². The Morgan fingerprint density at radius 2 is 2.25 bits per heavy atom. The predicted octanol–water partition coefficient (Wildman–Crippen LogP) is 0.923. The molecule has 0 atom stereocenters. The second-order valence-corrected chi connectivity index (χ2v) is 2.82. The summed E-state index contributed by atoms with van der Waals surface area (Å²) in [6.45, 7) is 1.89. The predicted molar refractivity (Wildman–Crippen MR) is 44.5 cm³/mol. The average molecular weight is 160 g/mol. The van der Waals surface area contributed by atoms with Crippen LogP contribution in [-0.2, 0) is 11.2 Å². The number of nitrogens with zero attached hydrogens (tertiary/aromatic N) is 2. The van der Waals surface area contributed by atoms with Crippen molar-refractivity contribution in [3.05, 3.63) is 29.4 Å². The third kappa shape index (κ3) is 1.13. The molecule has 60 valence electrons. The minimum atomic E-state index is 0.0978.